The largest absolute Gasteiger partial charge is 0.392 e. The number of hydrogen-bond acceptors (Lipinski definition) is 26. The van der Waals surface area contributed by atoms with Gasteiger partial charge < -0.3 is 42.1 Å². The second kappa shape index (κ2) is 22.2. The molecule has 0 aliphatic carbocycles. The lowest BCUT2D eigenvalue weighted by molar-refractivity contribution is 0.207. The van der Waals surface area contributed by atoms with Crippen molar-refractivity contribution in [3.8, 4) is 0 Å². The number of aliphatic hydroxyl groups excluding tert-OH is 2. The second-order valence-electron chi connectivity index (χ2n) is 15.6. The van der Waals surface area contributed by atoms with Crippen LogP contribution >= 0.6 is 0 Å². The maximum atomic E-state index is 12.8. The highest BCUT2D eigenvalue weighted by Crippen LogP contribution is 2.32. The summed E-state index contributed by atoms with van der Waals surface area (Å²) in [5.41, 5.74) is -2.22. The first-order valence-corrected chi connectivity index (χ1v) is 29.2. The van der Waals surface area contributed by atoms with E-state index in [4.69, 9.17) is 0 Å². The molecule has 76 heavy (non-hydrogen) atoms. The summed E-state index contributed by atoms with van der Waals surface area (Å²) in [4.78, 5) is 19.3. The molecule has 0 saturated heterocycles. The van der Waals surface area contributed by atoms with Crippen LogP contribution in [0.1, 0.15) is 25.0 Å². The molecule has 38 heteroatoms. The number of aromatic nitrogens is 6. The second-order valence-corrected chi connectivity index (χ2v) is 24.0. The molecule has 2 heterocycles. The average Bonchev–Trinajstić information content (AvgIpc) is 3.28. The van der Waals surface area contributed by atoms with Gasteiger partial charge in [-0.25, -0.2) is 0 Å². The molecule has 0 spiro atoms. The van der Waals surface area contributed by atoms with E-state index in [0.717, 1.165) is 36.4 Å². The minimum Gasteiger partial charge on any atom is -0.392 e. The van der Waals surface area contributed by atoms with Gasteiger partial charge in [0.15, 0.2) is 0 Å². The summed E-state index contributed by atoms with van der Waals surface area (Å²) in [5, 5.41) is 35.0. The third-order valence-electron chi connectivity index (χ3n) is 9.47. The molecule has 6 rings (SSSR count). The van der Waals surface area contributed by atoms with E-state index in [9.17, 15) is 88.0 Å². The first kappa shape index (κ1) is 58.1. The molecular weight excluding hydrogens is 1140 g/mol. The smallest absolute Gasteiger partial charge is 0.296 e. The average molecular weight is 1180 g/mol. The van der Waals surface area contributed by atoms with Crippen LogP contribution in [0.15, 0.2) is 102 Å². The van der Waals surface area contributed by atoms with Crippen molar-refractivity contribution in [3.05, 3.63) is 83.9 Å². The van der Waals surface area contributed by atoms with Crippen molar-refractivity contribution in [2.24, 2.45) is 0 Å². The molecule has 6 aromatic rings. The van der Waals surface area contributed by atoms with Crippen LogP contribution in [0.2, 0.25) is 0 Å². The Morgan fingerprint density at radius 2 is 0.697 bits per heavy atom. The van der Waals surface area contributed by atoms with Crippen molar-refractivity contribution in [1.29, 1.82) is 0 Å². The minimum absolute atomic E-state index is 0.170. The van der Waals surface area contributed by atoms with Crippen molar-refractivity contribution in [2.45, 2.75) is 55.4 Å². The summed E-state index contributed by atoms with van der Waals surface area (Å²) >= 11 is 0. The Morgan fingerprint density at radius 1 is 0.395 bits per heavy atom. The molecule has 0 radical (unpaired) electrons. The van der Waals surface area contributed by atoms with Crippen molar-refractivity contribution >= 4 is 131 Å². The van der Waals surface area contributed by atoms with Gasteiger partial charge in [0, 0.05) is 24.5 Å². The van der Waals surface area contributed by atoms with Gasteiger partial charge in [-0.3, -0.25) is 27.3 Å². The van der Waals surface area contributed by atoms with Crippen LogP contribution < -0.4 is 31.9 Å². The van der Waals surface area contributed by atoms with Gasteiger partial charge in [-0.15, -0.1) is 0 Å². The monoisotopic (exact) mass is 1180 g/mol. The minimum atomic E-state index is -5.15. The summed E-state index contributed by atoms with van der Waals surface area (Å²) in [7, 11) is -30.3. The fourth-order valence-corrected chi connectivity index (χ4v) is 9.91. The van der Waals surface area contributed by atoms with Gasteiger partial charge in [0.25, 0.3) is 60.7 Å². The number of nitrogens with one attached hydrogen (secondary N) is 6. The van der Waals surface area contributed by atoms with Crippen LogP contribution in [-0.4, -0.2) is 143 Å². The highest BCUT2D eigenvalue weighted by molar-refractivity contribution is 7.87. The van der Waals surface area contributed by atoms with Gasteiger partial charge in [0.1, 0.15) is 19.6 Å². The summed E-state index contributed by atoms with van der Waals surface area (Å²) in [6.45, 7) is 2.41. The van der Waals surface area contributed by atoms with E-state index in [0.29, 0.717) is 36.4 Å². The number of hydrogen-bond donors (Lipinski definition) is 14. The Bertz CT molecular complexity index is 3730. The van der Waals surface area contributed by atoms with Gasteiger partial charge in [0.2, 0.25) is 35.7 Å². The summed E-state index contributed by atoms with van der Waals surface area (Å²) in [6.07, 6.45) is 0.0762. The van der Waals surface area contributed by atoms with E-state index in [1.54, 1.807) is 0 Å². The number of benzene rings is 4. The number of aliphatic hydroxyl groups is 2. The van der Waals surface area contributed by atoms with Crippen LogP contribution in [0.3, 0.4) is 0 Å². The topological polar surface area (TPSA) is 516 Å². The standard InChI is InChI=1S/C38H40N12O20S6/c1-19(51)17-39-33-45-35(49-37(47-33)43-27-15-25(71(53,54)55)9-11-29(27)73(59,60)61)41-23-7-5-21(31(13-23)75(65,66)67)3-4-22-6-8-24(14-32(22)76(68,69)70)42-36-46-34(40-18-20(2)52)48-38(50-36)44-28-16-26(72(56,57)58)10-12-30(28)74(62,63)64/h3-16,19-20,51-52H,17-18H2,1-2H3,(H,53,54,55)(H,56,57,58)(H,59,60,61)(H,62,63,64)(H,65,66,67)(H,68,69,70)(H3,39,41,43,45,47,49)(H3,40,42,44,46,48,50). The van der Waals surface area contributed by atoms with Crippen molar-refractivity contribution in [1.82, 2.24) is 29.9 Å². The van der Waals surface area contributed by atoms with Crippen molar-refractivity contribution < 1.29 is 88.0 Å². The van der Waals surface area contributed by atoms with E-state index < -0.39 is 137 Å². The lowest BCUT2D eigenvalue weighted by Crippen LogP contribution is -2.18. The lowest BCUT2D eigenvalue weighted by atomic mass is 10.1. The number of rotatable bonds is 22. The van der Waals surface area contributed by atoms with Crippen LogP contribution in [0.5, 0.6) is 0 Å². The van der Waals surface area contributed by atoms with Crippen LogP contribution in [-0.2, 0) is 60.7 Å². The molecule has 2 atom stereocenters. The first-order chi connectivity index (χ1) is 35.0. The van der Waals surface area contributed by atoms with E-state index in [-0.39, 0.29) is 47.5 Å². The molecule has 0 aliphatic heterocycles. The van der Waals surface area contributed by atoms with E-state index in [2.05, 4.69) is 61.8 Å². The van der Waals surface area contributed by atoms with Crippen molar-refractivity contribution in [3.63, 3.8) is 0 Å². The lowest BCUT2D eigenvalue weighted by Gasteiger charge is -2.14. The Kier molecular flexibility index (Phi) is 17.0. The number of nitrogens with zero attached hydrogens (tertiary/aromatic N) is 6. The Labute approximate surface area is 431 Å². The molecular formula is C38H40N12O20S6. The highest BCUT2D eigenvalue weighted by Gasteiger charge is 2.25. The van der Waals surface area contributed by atoms with Crippen LogP contribution in [0.25, 0.3) is 12.2 Å². The summed E-state index contributed by atoms with van der Waals surface area (Å²) in [5.74, 6) is -2.66. The van der Waals surface area contributed by atoms with E-state index in [1.807, 2.05) is 0 Å². The van der Waals surface area contributed by atoms with Crippen LogP contribution in [0, 0.1) is 0 Å². The maximum absolute atomic E-state index is 12.8. The Balaban J connectivity index is 1.34. The molecule has 2 aromatic heterocycles. The van der Waals surface area contributed by atoms with Crippen molar-refractivity contribution in [2.75, 3.05) is 45.0 Å². The molecule has 0 saturated carbocycles. The molecule has 0 aliphatic rings. The maximum Gasteiger partial charge on any atom is 0.296 e. The molecule has 408 valence electrons. The molecule has 32 nitrogen and oxygen atoms in total. The first-order valence-electron chi connectivity index (χ1n) is 20.6. The zero-order chi connectivity index (χ0) is 56.3. The van der Waals surface area contributed by atoms with Gasteiger partial charge >= 0.3 is 0 Å². The molecule has 0 amide bonds. The third-order valence-corrected chi connectivity index (χ3v) is 14.8. The van der Waals surface area contributed by atoms with Gasteiger partial charge in [-0.05, 0) is 85.6 Å². The zero-order valence-corrected chi connectivity index (χ0v) is 43.2. The summed E-state index contributed by atoms with van der Waals surface area (Å²) < 4.78 is 206. The molecule has 2 unspecified atom stereocenters. The molecule has 4 aromatic carbocycles. The van der Waals surface area contributed by atoms with Gasteiger partial charge in [0.05, 0.1) is 33.4 Å². The van der Waals surface area contributed by atoms with Crippen LogP contribution in [0.4, 0.5) is 58.4 Å². The SMILES string of the molecule is CC(O)CNc1nc(Nc2ccc(C=Cc3ccc(Nc4nc(NCC(C)O)nc(Nc5cc(S(=O)(=O)O)ccc5S(=O)(=O)O)n4)cc3S(=O)(=O)O)c(S(=O)(=O)O)c2)nc(Nc2cc(S(=O)(=O)O)ccc2S(=O)(=O)O)n1. The van der Waals surface area contributed by atoms with Gasteiger partial charge in [-0.1, -0.05) is 24.3 Å². The highest BCUT2D eigenvalue weighted by atomic mass is 32.2. The predicted molar refractivity (Wildman–Crippen MR) is 267 cm³/mol. The van der Waals surface area contributed by atoms with E-state index >= 15 is 0 Å². The summed E-state index contributed by atoms with van der Waals surface area (Å²) in [6, 6.07) is 10.3. The fourth-order valence-electron chi connectivity index (χ4n) is 6.22. The van der Waals surface area contributed by atoms with E-state index in [1.165, 1.54) is 26.0 Å². The molecule has 0 fully saturated rings. The predicted octanol–water partition coefficient (Wildman–Crippen LogP) is 2.27. The molecule has 0 bridgehead atoms. The normalized spacial score (nSPS) is 13.4. The Morgan fingerprint density at radius 3 is 0.987 bits per heavy atom. The quantitative estimate of drug-likeness (QED) is 0.0342. The Hall–Kier alpha value is -7.18. The van der Waals surface area contributed by atoms with Gasteiger partial charge in [-0.2, -0.15) is 80.4 Å². The number of anilines is 10. The zero-order valence-electron chi connectivity index (χ0n) is 38.3. The molecule has 14 N–H and O–H groups in total. The third kappa shape index (κ3) is 15.7. The fraction of sp³-hybridized carbons (Fsp3) is 0.158.